The van der Waals surface area contributed by atoms with Crippen LogP contribution in [0.5, 0.6) is 11.5 Å². The molecule has 0 aliphatic heterocycles. The Hall–Kier alpha value is -3.08. The van der Waals surface area contributed by atoms with Gasteiger partial charge in [-0.15, -0.1) is 0 Å². The van der Waals surface area contributed by atoms with Crippen LogP contribution in [0.4, 0.5) is 0 Å². The number of carbonyl (C=O) groups excluding carboxylic acids is 1. The van der Waals surface area contributed by atoms with Crippen LogP contribution < -0.4 is 9.47 Å². The van der Waals surface area contributed by atoms with Crippen LogP contribution in [-0.4, -0.2) is 29.7 Å². The number of para-hydroxylation sites is 2. The van der Waals surface area contributed by atoms with E-state index in [0.29, 0.717) is 17.9 Å². The SMILES string of the molecule is CCc1nc2ccccc2n1C(=O)C=Cc1ccc(OC)c(OC)c1. The molecular weight excluding hydrogens is 316 g/mol. The molecule has 0 unspecified atom stereocenters. The third-order valence-corrected chi connectivity index (χ3v) is 3.99. The van der Waals surface area contributed by atoms with Gasteiger partial charge in [0.25, 0.3) is 5.91 Å². The Morgan fingerprint density at radius 2 is 1.88 bits per heavy atom. The molecule has 128 valence electrons. The van der Waals surface area contributed by atoms with Crippen molar-refractivity contribution in [1.29, 1.82) is 0 Å². The van der Waals surface area contributed by atoms with Gasteiger partial charge >= 0.3 is 0 Å². The zero-order valence-corrected chi connectivity index (χ0v) is 14.5. The van der Waals surface area contributed by atoms with Gasteiger partial charge in [-0.25, -0.2) is 4.98 Å². The summed E-state index contributed by atoms with van der Waals surface area (Å²) in [6, 6.07) is 13.2. The second-order valence-corrected chi connectivity index (χ2v) is 5.49. The number of hydrogen-bond acceptors (Lipinski definition) is 4. The van der Waals surface area contributed by atoms with Crippen molar-refractivity contribution < 1.29 is 14.3 Å². The molecule has 0 amide bonds. The molecule has 1 aromatic heterocycles. The van der Waals surface area contributed by atoms with Crippen LogP contribution in [0.3, 0.4) is 0 Å². The summed E-state index contributed by atoms with van der Waals surface area (Å²) in [5.74, 6) is 1.91. The molecule has 0 radical (unpaired) electrons. The number of hydrogen-bond donors (Lipinski definition) is 0. The Morgan fingerprint density at radius 3 is 2.60 bits per heavy atom. The first-order chi connectivity index (χ1) is 12.2. The fourth-order valence-electron chi connectivity index (χ4n) is 2.76. The monoisotopic (exact) mass is 336 g/mol. The predicted octanol–water partition coefficient (Wildman–Crippen LogP) is 3.97. The first kappa shape index (κ1) is 16.8. The zero-order valence-electron chi connectivity index (χ0n) is 14.5. The highest BCUT2D eigenvalue weighted by molar-refractivity contribution is 5.99. The van der Waals surface area contributed by atoms with Crippen molar-refractivity contribution in [2.24, 2.45) is 0 Å². The predicted molar refractivity (Wildman–Crippen MR) is 98.3 cm³/mol. The zero-order chi connectivity index (χ0) is 17.8. The van der Waals surface area contributed by atoms with E-state index >= 15 is 0 Å². The lowest BCUT2D eigenvalue weighted by Gasteiger charge is -2.07. The fraction of sp³-hybridized carbons (Fsp3) is 0.200. The van der Waals surface area contributed by atoms with E-state index < -0.39 is 0 Å². The lowest BCUT2D eigenvalue weighted by atomic mass is 10.2. The Kier molecular flexibility index (Phi) is 4.84. The van der Waals surface area contributed by atoms with Crippen molar-refractivity contribution in [3.8, 4) is 11.5 Å². The first-order valence-corrected chi connectivity index (χ1v) is 8.08. The molecule has 0 N–H and O–H groups in total. The molecule has 25 heavy (non-hydrogen) atoms. The van der Waals surface area contributed by atoms with E-state index in [2.05, 4.69) is 4.98 Å². The van der Waals surface area contributed by atoms with Crippen LogP contribution in [0, 0.1) is 0 Å². The molecule has 0 spiro atoms. The third kappa shape index (κ3) is 3.26. The van der Waals surface area contributed by atoms with Gasteiger partial charge in [0.05, 0.1) is 25.3 Å². The highest BCUT2D eigenvalue weighted by Crippen LogP contribution is 2.28. The summed E-state index contributed by atoms with van der Waals surface area (Å²) in [5.41, 5.74) is 2.50. The summed E-state index contributed by atoms with van der Waals surface area (Å²) in [7, 11) is 3.18. The van der Waals surface area contributed by atoms with Gasteiger partial charge in [0, 0.05) is 12.5 Å². The number of ether oxygens (including phenoxy) is 2. The Labute approximate surface area is 146 Å². The Balaban J connectivity index is 1.94. The fourth-order valence-corrected chi connectivity index (χ4v) is 2.76. The largest absolute Gasteiger partial charge is 0.493 e. The Morgan fingerprint density at radius 1 is 1.12 bits per heavy atom. The molecule has 1 heterocycles. The normalized spacial score (nSPS) is 11.2. The average molecular weight is 336 g/mol. The highest BCUT2D eigenvalue weighted by atomic mass is 16.5. The smallest absolute Gasteiger partial charge is 0.256 e. The number of fused-ring (bicyclic) bond motifs is 1. The molecule has 3 rings (SSSR count). The van der Waals surface area contributed by atoms with Crippen molar-refractivity contribution in [3.63, 3.8) is 0 Å². The molecule has 2 aromatic carbocycles. The molecule has 0 saturated carbocycles. The summed E-state index contributed by atoms with van der Waals surface area (Å²) in [6.45, 7) is 1.99. The van der Waals surface area contributed by atoms with Crippen LogP contribution in [0.25, 0.3) is 17.1 Å². The molecular formula is C20H20N2O3. The second-order valence-electron chi connectivity index (χ2n) is 5.49. The van der Waals surface area contributed by atoms with Gasteiger partial charge in [0.2, 0.25) is 0 Å². The van der Waals surface area contributed by atoms with Gasteiger partial charge in [-0.2, -0.15) is 0 Å². The average Bonchev–Trinajstić information content (AvgIpc) is 3.04. The summed E-state index contributed by atoms with van der Waals surface area (Å²) in [5, 5.41) is 0. The van der Waals surface area contributed by atoms with E-state index in [-0.39, 0.29) is 5.91 Å². The standard InChI is InChI=1S/C20H20N2O3/c1-4-19-21-15-7-5-6-8-16(15)22(19)20(23)12-10-14-9-11-17(24-2)18(13-14)25-3/h5-13H,4H2,1-3H3. The molecule has 0 saturated heterocycles. The molecule has 5 heteroatoms. The topological polar surface area (TPSA) is 53.4 Å². The Bertz CT molecular complexity index is 941. The maximum atomic E-state index is 12.7. The maximum Gasteiger partial charge on any atom is 0.256 e. The molecule has 3 aromatic rings. The summed E-state index contributed by atoms with van der Waals surface area (Å²) in [4.78, 5) is 17.3. The molecule has 0 aliphatic rings. The molecule has 5 nitrogen and oxygen atoms in total. The van der Waals surface area contributed by atoms with Crippen LogP contribution >= 0.6 is 0 Å². The van der Waals surface area contributed by atoms with Crippen molar-refractivity contribution in [3.05, 3.63) is 59.9 Å². The van der Waals surface area contributed by atoms with Crippen molar-refractivity contribution in [2.75, 3.05) is 14.2 Å². The molecule has 0 aliphatic carbocycles. The minimum atomic E-state index is -0.125. The van der Waals surface area contributed by atoms with Crippen LogP contribution in [0.2, 0.25) is 0 Å². The van der Waals surface area contributed by atoms with Crippen molar-refractivity contribution in [2.45, 2.75) is 13.3 Å². The van der Waals surface area contributed by atoms with Crippen LogP contribution in [0.1, 0.15) is 23.1 Å². The number of nitrogens with zero attached hydrogens (tertiary/aromatic N) is 2. The van der Waals surface area contributed by atoms with Crippen LogP contribution in [-0.2, 0) is 6.42 Å². The highest BCUT2D eigenvalue weighted by Gasteiger charge is 2.13. The van der Waals surface area contributed by atoms with E-state index in [1.54, 1.807) is 30.9 Å². The number of aryl methyl sites for hydroxylation is 1. The van der Waals surface area contributed by atoms with E-state index in [0.717, 1.165) is 22.4 Å². The summed E-state index contributed by atoms with van der Waals surface area (Å²) < 4.78 is 12.2. The van der Waals surface area contributed by atoms with Crippen LogP contribution in [0.15, 0.2) is 48.5 Å². The van der Waals surface area contributed by atoms with E-state index in [4.69, 9.17) is 9.47 Å². The van der Waals surface area contributed by atoms with Gasteiger partial charge in [-0.1, -0.05) is 25.1 Å². The number of benzene rings is 2. The first-order valence-electron chi connectivity index (χ1n) is 8.08. The molecule has 0 atom stereocenters. The summed E-state index contributed by atoms with van der Waals surface area (Å²) in [6.07, 6.45) is 4.00. The second kappa shape index (κ2) is 7.21. The molecule has 0 bridgehead atoms. The quantitative estimate of drug-likeness (QED) is 0.662. The van der Waals surface area contributed by atoms with Gasteiger partial charge in [-0.05, 0) is 35.9 Å². The van der Waals surface area contributed by atoms with Gasteiger partial charge in [0.1, 0.15) is 5.82 Å². The van der Waals surface area contributed by atoms with E-state index in [1.807, 2.05) is 49.4 Å². The lowest BCUT2D eigenvalue weighted by Crippen LogP contribution is -2.10. The lowest BCUT2D eigenvalue weighted by molar-refractivity contribution is 0.0971. The number of aromatic nitrogens is 2. The van der Waals surface area contributed by atoms with E-state index in [1.165, 1.54) is 0 Å². The van der Waals surface area contributed by atoms with E-state index in [9.17, 15) is 4.79 Å². The van der Waals surface area contributed by atoms with Gasteiger partial charge in [-0.3, -0.25) is 9.36 Å². The van der Waals surface area contributed by atoms with Crippen molar-refractivity contribution >= 4 is 23.0 Å². The number of methoxy groups -OCH3 is 2. The third-order valence-electron chi connectivity index (χ3n) is 3.99. The van der Waals surface area contributed by atoms with Gasteiger partial charge < -0.3 is 9.47 Å². The molecule has 0 fully saturated rings. The van der Waals surface area contributed by atoms with Gasteiger partial charge in [0.15, 0.2) is 11.5 Å². The number of rotatable bonds is 5. The minimum Gasteiger partial charge on any atom is -0.493 e. The number of imidazole rings is 1. The minimum absolute atomic E-state index is 0.125. The number of allylic oxidation sites excluding steroid dienone is 1. The van der Waals surface area contributed by atoms with Crippen molar-refractivity contribution in [1.82, 2.24) is 9.55 Å². The maximum absolute atomic E-state index is 12.7. The summed E-state index contributed by atoms with van der Waals surface area (Å²) >= 11 is 0. The number of carbonyl (C=O) groups is 1.